The van der Waals surface area contributed by atoms with Crippen LogP contribution in [-0.4, -0.2) is 61.4 Å². The molecule has 1 fully saturated rings. The van der Waals surface area contributed by atoms with Crippen LogP contribution in [0.1, 0.15) is 28.4 Å². The van der Waals surface area contributed by atoms with Crippen LogP contribution < -0.4 is 10.1 Å². The topological polar surface area (TPSA) is 61.9 Å². The van der Waals surface area contributed by atoms with E-state index in [1.54, 1.807) is 31.3 Å². The van der Waals surface area contributed by atoms with Crippen molar-refractivity contribution in [2.24, 2.45) is 0 Å². The molecule has 2 amide bonds. The van der Waals surface area contributed by atoms with Crippen LogP contribution in [0.5, 0.6) is 5.75 Å². The molecule has 1 saturated heterocycles. The average molecular weight is 408 g/mol. The fourth-order valence-corrected chi connectivity index (χ4v) is 3.41. The molecule has 30 heavy (non-hydrogen) atoms. The molecule has 1 aliphatic rings. The number of piperazine rings is 1. The second-order valence-electron chi connectivity index (χ2n) is 7.21. The van der Waals surface area contributed by atoms with E-state index < -0.39 is 0 Å². The lowest BCUT2D eigenvalue weighted by molar-refractivity contribution is -0.127. The summed E-state index contributed by atoms with van der Waals surface area (Å²) in [5.41, 5.74) is 2.74. The average Bonchev–Trinajstić information content (AvgIpc) is 2.79. The second-order valence-corrected chi connectivity index (χ2v) is 7.21. The number of benzene rings is 2. The summed E-state index contributed by atoms with van der Waals surface area (Å²) in [5, 5.41) is 2.59. The van der Waals surface area contributed by atoms with Crippen molar-refractivity contribution in [1.82, 2.24) is 15.1 Å². The minimum absolute atomic E-state index is 0.0195. The van der Waals surface area contributed by atoms with Crippen LogP contribution in [-0.2, 0) is 11.3 Å². The molecule has 6 heteroatoms. The Labute approximate surface area is 178 Å². The number of carbonyl (C=O) groups excluding carboxylic acids is 2. The Kier molecular flexibility index (Phi) is 7.63. The molecule has 3 rings (SSSR count). The van der Waals surface area contributed by atoms with Gasteiger partial charge in [0.15, 0.2) is 0 Å². The fourth-order valence-electron chi connectivity index (χ4n) is 3.41. The lowest BCUT2D eigenvalue weighted by Gasteiger charge is -2.34. The maximum Gasteiger partial charge on any atom is 0.251 e. The van der Waals surface area contributed by atoms with Gasteiger partial charge in [-0.05, 0) is 48.4 Å². The van der Waals surface area contributed by atoms with Gasteiger partial charge in [0, 0.05) is 51.4 Å². The first kappa shape index (κ1) is 21.6. The summed E-state index contributed by atoms with van der Waals surface area (Å²) in [6.07, 6.45) is 3.40. The molecule has 158 valence electrons. The quantitative estimate of drug-likeness (QED) is 0.717. The molecule has 0 atom stereocenters. The minimum Gasteiger partial charge on any atom is -0.494 e. The highest BCUT2D eigenvalue weighted by Crippen LogP contribution is 2.15. The molecule has 1 heterocycles. The first-order chi connectivity index (χ1) is 14.6. The number of hydrogen-bond acceptors (Lipinski definition) is 4. The zero-order chi connectivity index (χ0) is 21.3. The van der Waals surface area contributed by atoms with Crippen molar-refractivity contribution >= 4 is 17.9 Å². The second kappa shape index (κ2) is 10.6. The molecule has 1 N–H and O–H groups in total. The molecule has 2 aromatic rings. The lowest BCUT2D eigenvalue weighted by atomic mass is 10.1. The first-order valence-corrected chi connectivity index (χ1v) is 10.3. The van der Waals surface area contributed by atoms with Crippen molar-refractivity contribution < 1.29 is 14.3 Å². The molecule has 0 bridgehead atoms. The van der Waals surface area contributed by atoms with Crippen LogP contribution >= 0.6 is 0 Å². The summed E-state index contributed by atoms with van der Waals surface area (Å²) in [6, 6.07) is 15.4. The molecule has 0 aromatic heterocycles. The van der Waals surface area contributed by atoms with Crippen molar-refractivity contribution in [2.75, 3.05) is 39.8 Å². The molecule has 1 aliphatic heterocycles. The fraction of sp³-hybridized carbons (Fsp3) is 0.333. The van der Waals surface area contributed by atoms with Crippen LogP contribution in [0.2, 0.25) is 0 Å². The van der Waals surface area contributed by atoms with Crippen molar-refractivity contribution in [3.05, 3.63) is 71.3 Å². The van der Waals surface area contributed by atoms with Gasteiger partial charge in [-0.15, -0.1) is 0 Å². The molecular formula is C24H29N3O3. The number of ether oxygens (including phenoxy) is 1. The number of amides is 2. The predicted octanol–water partition coefficient (Wildman–Crippen LogP) is 2.80. The summed E-state index contributed by atoms with van der Waals surface area (Å²) in [7, 11) is 1.60. The summed E-state index contributed by atoms with van der Waals surface area (Å²) in [5.74, 6) is 0.794. The van der Waals surface area contributed by atoms with Crippen LogP contribution in [0.15, 0.2) is 54.6 Å². The number of rotatable bonds is 7. The SMILES string of the molecule is CCOc1ccc(CN2CCN(C(=O)/C=C/c3ccc(C(=O)NC)cc3)CC2)cc1. The van der Waals surface area contributed by atoms with E-state index in [0.29, 0.717) is 12.2 Å². The molecule has 0 aliphatic carbocycles. The Balaban J connectivity index is 1.46. The Morgan fingerprint density at radius 1 is 1.00 bits per heavy atom. The molecule has 0 spiro atoms. The summed E-state index contributed by atoms with van der Waals surface area (Å²) in [4.78, 5) is 28.3. The third-order valence-electron chi connectivity index (χ3n) is 5.14. The van der Waals surface area contributed by atoms with Crippen molar-refractivity contribution in [1.29, 1.82) is 0 Å². The van der Waals surface area contributed by atoms with Crippen molar-refractivity contribution in [2.45, 2.75) is 13.5 Å². The molecule has 0 saturated carbocycles. The zero-order valence-corrected chi connectivity index (χ0v) is 17.6. The van der Waals surface area contributed by atoms with Gasteiger partial charge in [0.2, 0.25) is 5.91 Å². The summed E-state index contributed by atoms with van der Waals surface area (Å²) >= 11 is 0. The Bertz CT molecular complexity index is 868. The highest BCUT2D eigenvalue weighted by molar-refractivity contribution is 5.94. The van der Waals surface area contributed by atoms with Crippen LogP contribution in [0.3, 0.4) is 0 Å². The summed E-state index contributed by atoms with van der Waals surface area (Å²) in [6.45, 7) is 6.67. The van der Waals surface area contributed by atoms with Gasteiger partial charge in [0.1, 0.15) is 5.75 Å². The molecule has 6 nitrogen and oxygen atoms in total. The summed E-state index contributed by atoms with van der Waals surface area (Å²) < 4.78 is 5.49. The maximum absolute atomic E-state index is 12.5. The molecular weight excluding hydrogens is 378 g/mol. The van der Waals surface area contributed by atoms with Crippen molar-refractivity contribution in [3.8, 4) is 5.75 Å². The van der Waals surface area contributed by atoms with E-state index >= 15 is 0 Å². The molecule has 0 radical (unpaired) electrons. The minimum atomic E-state index is -0.121. The van der Waals surface area contributed by atoms with Gasteiger partial charge in [-0.2, -0.15) is 0 Å². The number of hydrogen-bond donors (Lipinski definition) is 1. The van der Waals surface area contributed by atoms with E-state index in [1.807, 2.05) is 36.1 Å². The van der Waals surface area contributed by atoms with Gasteiger partial charge in [0.25, 0.3) is 5.91 Å². The Morgan fingerprint density at radius 2 is 1.67 bits per heavy atom. The normalized spacial score (nSPS) is 14.7. The maximum atomic E-state index is 12.5. The molecule has 2 aromatic carbocycles. The predicted molar refractivity (Wildman–Crippen MR) is 118 cm³/mol. The Hall–Kier alpha value is -3.12. The van der Waals surface area contributed by atoms with E-state index in [4.69, 9.17) is 4.74 Å². The van der Waals surface area contributed by atoms with Gasteiger partial charge in [-0.25, -0.2) is 0 Å². The van der Waals surface area contributed by atoms with Crippen LogP contribution in [0.4, 0.5) is 0 Å². The monoisotopic (exact) mass is 407 g/mol. The van der Waals surface area contributed by atoms with E-state index in [0.717, 1.165) is 44.0 Å². The number of nitrogens with one attached hydrogen (secondary N) is 1. The highest BCUT2D eigenvalue weighted by atomic mass is 16.5. The number of nitrogens with zero attached hydrogens (tertiary/aromatic N) is 2. The first-order valence-electron chi connectivity index (χ1n) is 10.3. The largest absolute Gasteiger partial charge is 0.494 e. The van der Waals surface area contributed by atoms with E-state index in [-0.39, 0.29) is 11.8 Å². The third-order valence-corrected chi connectivity index (χ3v) is 5.14. The van der Waals surface area contributed by atoms with Gasteiger partial charge >= 0.3 is 0 Å². The van der Waals surface area contributed by atoms with Gasteiger partial charge in [0.05, 0.1) is 6.61 Å². The highest BCUT2D eigenvalue weighted by Gasteiger charge is 2.19. The number of carbonyl (C=O) groups is 2. The van der Waals surface area contributed by atoms with Crippen LogP contribution in [0.25, 0.3) is 6.08 Å². The third kappa shape index (κ3) is 5.94. The van der Waals surface area contributed by atoms with Crippen molar-refractivity contribution in [3.63, 3.8) is 0 Å². The standard InChI is InChI=1S/C24H29N3O3/c1-3-30-22-11-6-20(7-12-22)18-26-14-16-27(17-15-26)23(28)13-8-19-4-9-21(10-5-19)24(29)25-2/h4-13H,3,14-18H2,1-2H3,(H,25,29)/b13-8+. The van der Waals surface area contributed by atoms with Gasteiger partial charge in [-0.1, -0.05) is 24.3 Å². The zero-order valence-electron chi connectivity index (χ0n) is 17.6. The van der Waals surface area contributed by atoms with Crippen LogP contribution in [0, 0.1) is 0 Å². The van der Waals surface area contributed by atoms with E-state index in [9.17, 15) is 9.59 Å². The smallest absolute Gasteiger partial charge is 0.251 e. The van der Waals surface area contributed by atoms with Gasteiger partial charge in [-0.3, -0.25) is 14.5 Å². The van der Waals surface area contributed by atoms with Gasteiger partial charge < -0.3 is 15.0 Å². The van der Waals surface area contributed by atoms with E-state index in [2.05, 4.69) is 22.3 Å². The molecule has 0 unspecified atom stereocenters. The lowest BCUT2D eigenvalue weighted by Crippen LogP contribution is -2.47. The van der Waals surface area contributed by atoms with E-state index in [1.165, 1.54) is 5.56 Å². The Morgan fingerprint density at radius 3 is 2.27 bits per heavy atom.